The Balaban J connectivity index is 1.77. The molecule has 1 aromatic heterocycles. The van der Waals surface area contributed by atoms with Crippen LogP contribution in [0.4, 0.5) is 0 Å². The first-order valence-electron chi connectivity index (χ1n) is 8.19. The van der Waals surface area contributed by atoms with Crippen molar-refractivity contribution < 1.29 is 14.6 Å². The summed E-state index contributed by atoms with van der Waals surface area (Å²) in [4.78, 5) is 20.2. The van der Waals surface area contributed by atoms with Gasteiger partial charge >= 0.3 is 0 Å². The summed E-state index contributed by atoms with van der Waals surface area (Å²) in [7, 11) is 1.54. The number of benzene rings is 2. The number of aliphatic hydroxyl groups is 1. The zero-order valence-electron chi connectivity index (χ0n) is 14.2. The standard InChI is InChI=1S/C19H21N3O3/c1-3-14(18-20-15-9-4-5-10-16(15)21-18)22-19(24)17(23)12-7-6-8-13(11-12)25-2/h4-11,14,17,23H,3H2,1-2H3,(H,20,21)(H,22,24). The minimum absolute atomic E-state index is 0.305. The maximum absolute atomic E-state index is 12.5. The fraction of sp³-hybridized carbons (Fsp3) is 0.263. The van der Waals surface area contributed by atoms with Crippen LogP contribution in [-0.2, 0) is 4.79 Å². The summed E-state index contributed by atoms with van der Waals surface area (Å²) in [5.41, 5.74) is 2.24. The number of aromatic amines is 1. The molecular weight excluding hydrogens is 318 g/mol. The first-order chi connectivity index (χ1) is 12.1. The summed E-state index contributed by atoms with van der Waals surface area (Å²) >= 11 is 0. The van der Waals surface area contributed by atoms with Crippen LogP contribution < -0.4 is 10.1 Å². The van der Waals surface area contributed by atoms with Gasteiger partial charge < -0.3 is 20.1 Å². The van der Waals surface area contributed by atoms with Gasteiger partial charge in [0.05, 0.1) is 24.2 Å². The van der Waals surface area contributed by atoms with E-state index in [-0.39, 0.29) is 6.04 Å². The predicted octanol–water partition coefficient (Wildman–Crippen LogP) is 2.87. The molecule has 0 radical (unpaired) electrons. The summed E-state index contributed by atoms with van der Waals surface area (Å²) < 4.78 is 5.13. The third kappa shape index (κ3) is 3.64. The third-order valence-electron chi connectivity index (χ3n) is 4.12. The van der Waals surface area contributed by atoms with E-state index in [0.29, 0.717) is 23.6 Å². The highest BCUT2D eigenvalue weighted by molar-refractivity contribution is 5.82. The molecule has 0 saturated carbocycles. The number of imidazole rings is 1. The maximum atomic E-state index is 12.5. The number of rotatable bonds is 6. The molecule has 3 aromatic rings. The van der Waals surface area contributed by atoms with Gasteiger partial charge in [-0.3, -0.25) is 4.79 Å². The summed E-state index contributed by atoms with van der Waals surface area (Å²) in [6.07, 6.45) is -0.621. The van der Waals surface area contributed by atoms with Crippen molar-refractivity contribution >= 4 is 16.9 Å². The molecule has 2 unspecified atom stereocenters. The number of hydrogen-bond donors (Lipinski definition) is 3. The second-order valence-corrected chi connectivity index (χ2v) is 5.79. The number of nitrogens with zero attached hydrogens (tertiary/aromatic N) is 1. The van der Waals surface area contributed by atoms with Gasteiger partial charge in [-0.1, -0.05) is 31.2 Å². The fourth-order valence-electron chi connectivity index (χ4n) is 2.71. The van der Waals surface area contributed by atoms with E-state index in [1.165, 1.54) is 0 Å². The van der Waals surface area contributed by atoms with E-state index < -0.39 is 12.0 Å². The van der Waals surface area contributed by atoms with Crippen molar-refractivity contribution in [3.05, 3.63) is 59.9 Å². The number of para-hydroxylation sites is 2. The molecule has 2 aromatic carbocycles. The molecule has 0 spiro atoms. The van der Waals surface area contributed by atoms with E-state index in [4.69, 9.17) is 4.74 Å². The van der Waals surface area contributed by atoms with E-state index in [9.17, 15) is 9.90 Å². The predicted molar refractivity (Wildman–Crippen MR) is 95.2 cm³/mol. The normalized spacial score (nSPS) is 13.4. The third-order valence-corrected chi connectivity index (χ3v) is 4.12. The zero-order valence-corrected chi connectivity index (χ0v) is 14.2. The summed E-state index contributed by atoms with van der Waals surface area (Å²) in [5, 5.41) is 13.2. The van der Waals surface area contributed by atoms with Gasteiger partial charge in [-0.05, 0) is 36.2 Å². The number of carbonyl (C=O) groups is 1. The summed E-state index contributed by atoms with van der Waals surface area (Å²) in [5.74, 6) is 0.795. The second kappa shape index (κ2) is 7.36. The Hall–Kier alpha value is -2.86. The Kier molecular flexibility index (Phi) is 5.00. The molecule has 6 nitrogen and oxygen atoms in total. The highest BCUT2D eigenvalue weighted by Crippen LogP contribution is 2.22. The molecule has 6 heteroatoms. The minimum Gasteiger partial charge on any atom is -0.497 e. The first kappa shape index (κ1) is 17.0. The molecule has 2 atom stereocenters. The van der Waals surface area contributed by atoms with Gasteiger partial charge in [0.15, 0.2) is 6.10 Å². The quantitative estimate of drug-likeness (QED) is 0.644. The van der Waals surface area contributed by atoms with Crippen molar-refractivity contribution in [3.8, 4) is 5.75 Å². The van der Waals surface area contributed by atoms with E-state index in [0.717, 1.165) is 11.0 Å². The number of nitrogens with one attached hydrogen (secondary N) is 2. The van der Waals surface area contributed by atoms with Crippen LogP contribution in [0.3, 0.4) is 0 Å². The van der Waals surface area contributed by atoms with Gasteiger partial charge in [-0.25, -0.2) is 4.98 Å². The fourth-order valence-corrected chi connectivity index (χ4v) is 2.71. The molecule has 0 aliphatic heterocycles. The number of aliphatic hydroxyl groups excluding tert-OH is 1. The van der Waals surface area contributed by atoms with E-state index in [1.54, 1.807) is 31.4 Å². The lowest BCUT2D eigenvalue weighted by atomic mass is 10.1. The van der Waals surface area contributed by atoms with Crippen LogP contribution >= 0.6 is 0 Å². The number of ether oxygens (including phenoxy) is 1. The molecule has 0 aliphatic rings. The van der Waals surface area contributed by atoms with Crippen LogP contribution in [0, 0.1) is 0 Å². The van der Waals surface area contributed by atoms with Gasteiger partial charge in [0.1, 0.15) is 11.6 Å². The lowest BCUT2D eigenvalue weighted by Gasteiger charge is -2.18. The molecule has 0 saturated heterocycles. The molecule has 130 valence electrons. The van der Waals surface area contributed by atoms with E-state index in [1.807, 2.05) is 31.2 Å². The molecule has 3 N–H and O–H groups in total. The molecule has 1 amide bonds. The van der Waals surface area contributed by atoms with Crippen LogP contribution in [-0.4, -0.2) is 28.1 Å². The van der Waals surface area contributed by atoms with Gasteiger partial charge in [0, 0.05) is 0 Å². The first-order valence-corrected chi connectivity index (χ1v) is 8.19. The number of amides is 1. The van der Waals surface area contributed by atoms with E-state index >= 15 is 0 Å². The Morgan fingerprint density at radius 1 is 1.28 bits per heavy atom. The number of methoxy groups -OCH3 is 1. The molecule has 0 fully saturated rings. The van der Waals surface area contributed by atoms with Crippen molar-refractivity contribution in [2.45, 2.75) is 25.5 Å². The summed E-state index contributed by atoms with van der Waals surface area (Å²) in [6.45, 7) is 1.95. The highest BCUT2D eigenvalue weighted by atomic mass is 16.5. The SMILES string of the molecule is CCC(NC(=O)C(O)c1cccc(OC)c1)c1nc2ccccc2[nH]1. The van der Waals surface area contributed by atoms with Crippen molar-refractivity contribution in [1.82, 2.24) is 15.3 Å². The molecule has 0 aliphatic carbocycles. The number of aromatic nitrogens is 2. The lowest BCUT2D eigenvalue weighted by molar-refractivity contribution is -0.130. The smallest absolute Gasteiger partial charge is 0.254 e. The lowest BCUT2D eigenvalue weighted by Crippen LogP contribution is -2.33. The van der Waals surface area contributed by atoms with Crippen molar-refractivity contribution in [2.75, 3.05) is 7.11 Å². The average molecular weight is 339 g/mol. The molecular formula is C19H21N3O3. The average Bonchev–Trinajstić information content (AvgIpc) is 3.09. The Morgan fingerprint density at radius 3 is 2.80 bits per heavy atom. The molecule has 3 rings (SSSR count). The Morgan fingerprint density at radius 2 is 2.08 bits per heavy atom. The van der Waals surface area contributed by atoms with Crippen LogP contribution in [0.2, 0.25) is 0 Å². The number of fused-ring (bicyclic) bond motifs is 1. The van der Waals surface area contributed by atoms with Crippen LogP contribution in [0.15, 0.2) is 48.5 Å². The zero-order chi connectivity index (χ0) is 17.8. The monoisotopic (exact) mass is 339 g/mol. The van der Waals surface area contributed by atoms with Crippen molar-refractivity contribution in [1.29, 1.82) is 0 Å². The maximum Gasteiger partial charge on any atom is 0.254 e. The van der Waals surface area contributed by atoms with Gasteiger partial charge in [0.25, 0.3) is 5.91 Å². The number of carbonyl (C=O) groups excluding carboxylic acids is 1. The largest absolute Gasteiger partial charge is 0.497 e. The van der Waals surface area contributed by atoms with Gasteiger partial charge in [0.2, 0.25) is 0 Å². The topological polar surface area (TPSA) is 87.2 Å². The molecule has 1 heterocycles. The molecule has 0 bridgehead atoms. The van der Waals surface area contributed by atoms with Crippen LogP contribution in [0.25, 0.3) is 11.0 Å². The van der Waals surface area contributed by atoms with Gasteiger partial charge in [-0.15, -0.1) is 0 Å². The second-order valence-electron chi connectivity index (χ2n) is 5.79. The number of hydrogen-bond acceptors (Lipinski definition) is 4. The van der Waals surface area contributed by atoms with Crippen molar-refractivity contribution in [2.24, 2.45) is 0 Å². The Labute approximate surface area is 145 Å². The highest BCUT2D eigenvalue weighted by Gasteiger charge is 2.23. The minimum atomic E-state index is -1.27. The summed E-state index contributed by atoms with van der Waals surface area (Å²) in [6, 6.07) is 14.2. The molecule has 25 heavy (non-hydrogen) atoms. The van der Waals surface area contributed by atoms with Crippen molar-refractivity contribution in [3.63, 3.8) is 0 Å². The van der Waals surface area contributed by atoms with E-state index in [2.05, 4.69) is 15.3 Å². The van der Waals surface area contributed by atoms with Crippen LogP contribution in [0.1, 0.15) is 36.9 Å². The van der Waals surface area contributed by atoms with Gasteiger partial charge in [-0.2, -0.15) is 0 Å². The van der Waals surface area contributed by atoms with Crippen LogP contribution in [0.5, 0.6) is 5.75 Å². The number of H-pyrrole nitrogens is 1. The Bertz CT molecular complexity index is 842.